The summed E-state index contributed by atoms with van der Waals surface area (Å²) in [5.74, 6) is 0.0944. The Labute approximate surface area is 171 Å². The van der Waals surface area contributed by atoms with Crippen LogP contribution < -0.4 is 0 Å². The fourth-order valence-corrected chi connectivity index (χ4v) is 7.04. The molecule has 0 aromatic rings. The summed E-state index contributed by atoms with van der Waals surface area (Å²) in [5.41, 5.74) is -0.0253. The van der Waals surface area contributed by atoms with Gasteiger partial charge in [0.2, 0.25) is 5.78 Å². The van der Waals surface area contributed by atoms with Crippen LogP contribution in [0.1, 0.15) is 52.4 Å². The van der Waals surface area contributed by atoms with Crippen LogP contribution in [0.15, 0.2) is 22.8 Å². The summed E-state index contributed by atoms with van der Waals surface area (Å²) in [6, 6.07) is 0. The molecule has 1 aliphatic heterocycles. The van der Waals surface area contributed by atoms with Crippen LogP contribution in [0.5, 0.6) is 0 Å². The van der Waals surface area contributed by atoms with Gasteiger partial charge in [-0.15, -0.1) is 0 Å². The fourth-order valence-electron chi connectivity index (χ4n) is 6.71. The van der Waals surface area contributed by atoms with Crippen molar-refractivity contribution < 1.29 is 24.9 Å². The first-order chi connectivity index (χ1) is 13.1. The Kier molecular flexibility index (Phi) is 4.88. The van der Waals surface area contributed by atoms with E-state index in [1.54, 1.807) is 0 Å². The Bertz CT molecular complexity index is 747. The number of Topliss-reactive ketones (excluding diaryl/α,β-unsaturated/α-hetero) is 1. The number of carbonyl (C=O) groups is 1. The molecule has 0 spiro atoms. The van der Waals surface area contributed by atoms with Crippen molar-refractivity contribution in [1.82, 2.24) is 0 Å². The quantitative estimate of drug-likeness (QED) is 0.489. The van der Waals surface area contributed by atoms with Crippen molar-refractivity contribution in [3.8, 4) is 0 Å². The van der Waals surface area contributed by atoms with Crippen LogP contribution in [0.25, 0.3) is 0 Å². The Morgan fingerprint density at radius 3 is 2.64 bits per heavy atom. The second-order valence-electron chi connectivity index (χ2n) is 9.88. The molecule has 5 nitrogen and oxygen atoms in total. The van der Waals surface area contributed by atoms with Gasteiger partial charge in [-0.25, -0.2) is 0 Å². The van der Waals surface area contributed by atoms with Gasteiger partial charge in [-0.05, 0) is 54.8 Å². The zero-order valence-corrected chi connectivity index (χ0v) is 17.5. The van der Waals surface area contributed by atoms with Gasteiger partial charge in [0.15, 0.2) is 5.60 Å². The van der Waals surface area contributed by atoms with Gasteiger partial charge in [0.1, 0.15) is 12.2 Å². The second kappa shape index (κ2) is 6.64. The number of allylic oxidation sites excluding steroid dienone is 1. The Morgan fingerprint density at radius 2 is 2.00 bits per heavy atom. The van der Waals surface area contributed by atoms with Crippen LogP contribution in [0, 0.1) is 22.7 Å². The molecule has 3 N–H and O–H groups in total. The number of hydrogen-bond acceptors (Lipinski definition) is 5. The van der Waals surface area contributed by atoms with E-state index in [4.69, 9.17) is 16.3 Å². The number of ketones is 1. The van der Waals surface area contributed by atoms with Gasteiger partial charge < -0.3 is 20.1 Å². The minimum atomic E-state index is -1.11. The fraction of sp³-hybridized carbons (Fsp3) is 0.773. The Balaban J connectivity index is 1.67. The molecule has 156 valence electrons. The molecule has 0 bridgehead atoms. The normalized spacial score (nSPS) is 48.4. The average molecular weight is 411 g/mol. The van der Waals surface area contributed by atoms with E-state index in [0.29, 0.717) is 12.3 Å². The van der Waals surface area contributed by atoms with Gasteiger partial charge in [-0.2, -0.15) is 0 Å². The summed E-state index contributed by atoms with van der Waals surface area (Å²) in [5, 5.41) is 30.0. The van der Waals surface area contributed by atoms with Crippen LogP contribution in [0.2, 0.25) is 0 Å². The van der Waals surface area contributed by atoms with E-state index in [1.165, 1.54) is 0 Å². The molecule has 3 aliphatic carbocycles. The van der Waals surface area contributed by atoms with Gasteiger partial charge in [0.25, 0.3) is 0 Å². The first-order valence-corrected chi connectivity index (χ1v) is 10.7. The van der Waals surface area contributed by atoms with Gasteiger partial charge in [0, 0.05) is 12.2 Å². The van der Waals surface area contributed by atoms with Crippen molar-refractivity contribution in [1.29, 1.82) is 0 Å². The molecule has 1 heterocycles. The topological polar surface area (TPSA) is 90.3 Å². The number of aliphatic hydroxyl groups is 3. The molecule has 0 unspecified atom stereocenters. The van der Waals surface area contributed by atoms with E-state index in [2.05, 4.69) is 20.4 Å². The summed E-state index contributed by atoms with van der Waals surface area (Å²) in [6.45, 7) is 8.51. The standard InChI is InChI=1S/C22H31ClO5/c1-12-5-6-15-20(2,11-25)7-4-8-21(15,3)14(12)9-22-18(27)16(23)13(10-24)17(26)19(22)28-22/h14-15,17,19,24-26H,1,4-11H2,2-3H3/t14-,15-,17-,19+,20-,21+,22-/m0/s1. The van der Waals surface area contributed by atoms with E-state index in [0.717, 1.165) is 37.7 Å². The lowest BCUT2D eigenvalue weighted by atomic mass is 9.46. The lowest BCUT2D eigenvalue weighted by Crippen LogP contribution is -2.53. The largest absolute Gasteiger partial charge is 0.396 e. The highest BCUT2D eigenvalue weighted by molar-refractivity contribution is 6.45. The molecule has 6 heteroatoms. The van der Waals surface area contributed by atoms with Crippen molar-refractivity contribution in [3.63, 3.8) is 0 Å². The minimum Gasteiger partial charge on any atom is -0.396 e. The van der Waals surface area contributed by atoms with Crippen LogP contribution in [0.4, 0.5) is 0 Å². The summed E-state index contributed by atoms with van der Waals surface area (Å²) in [6.07, 6.45) is 3.72. The maximum atomic E-state index is 13.0. The number of fused-ring (bicyclic) bond motifs is 2. The lowest BCUT2D eigenvalue weighted by Gasteiger charge is -2.58. The first kappa shape index (κ1) is 20.5. The third-order valence-corrected chi connectivity index (χ3v) is 8.85. The highest BCUT2D eigenvalue weighted by Crippen LogP contribution is 2.64. The molecule has 0 aromatic carbocycles. The van der Waals surface area contributed by atoms with E-state index in [1.807, 2.05) is 0 Å². The number of epoxide rings is 1. The highest BCUT2D eigenvalue weighted by atomic mass is 35.5. The predicted molar refractivity (Wildman–Crippen MR) is 106 cm³/mol. The zero-order valence-electron chi connectivity index (χ0n) is 16.7. The molecule has 0 radical (unpaired) electrons. The maximum Gasteiger partial charge on any atom is 0.208 e. The highest BCUT2D eigenvalue weighted by Gasteiger charge is 2.70. The van der Waals surface area contributed by atoms with E-state index >= 15 is 0 Å². The first-order valence-electron chi connectivity index (χ1n) is 10.3. The molecule has 7 atom stereocenters. The monoisotopic (exact) mass is 410 g/mol. The molecule has 0 amide bonds. The molecule has 4 aliphatic rings. The number of aliphatic hydroxyl groups excluding tert-OH is 3. The van der Waals surface area contributed by atoms with Crippen molar-refractivity contribution in [2.24, 2.45) is 22.7 Å². The lowest BCUT2D eigenvalue weighted by molar-refractivity contribution is -0.123. The number of ether oxygens (including phenoxy) is 1. The van der Waals surface area contributed by atoms with Gasteiger partial charge >= 0.3 is 0 Å². The summed E-state index contributed by atoms with van der Waals surface area (Å²) >= 11 is 6.21. The number of halogens is 1. The molecular formula is C22H31ClO5. The van der Waals surface area contributed by atoms with Gasteiger partial charge in [-0.1, -0.05) is 44.0 Å². The molecule has 3 fully saturated rings. The van der Waals surface area contributed by atoms with E-state index < -0.39 is 24.4 Å². The Hall–Kier alpha value is -0.720. The molecule has 4 rings (SSSR count). The van der Waals surface area contributed by atoms with Crippen LogP contribution in [-0.2, 0) is 9.53 Å². The average Bonchev–Trinajstić information content (AvgIpc) is 3.40. The van der Waals surface area contributed by atoms with Crippen molar-refractivity contribution >= 4 is 17.4 Å². The van der Waals surface area contributed by atoms with E-state index in [-0.39, 0.29) is 39.7 Å². The molecule has 1 saturated heterocycles. The summed E-state index contributed by atoms with van der Waals surface area (Å²) in [7, 11) is 0. The number of hydrogen-bond donors (Lipinski definition) is 3. The minimum absolute atomic E-state index is 0.0683. The third-order valence-electron chi connectivity index (χ3n) is 8.43. The summed E-state index contributed by atoms with van der Waals surface area (Å²) in [4.78, 5) is 13.0. The second-order valence-corrected chi connectivity index (χ2v) is 10.3. The molecule has 2 saturated carbocycles. The predicted octanol–water partition coefficient (Wildman–Crippen LogP) is 2.71. The molecular weight excluding hydrogens is 380 g/mol. The van der Waals surface area contributed by atoms with Crippen LogP contribution >= 0.6 is 11.6 Å². The third kappa shape index (κ3) is 2.63. The van der Waals surface area contributed by atoms with Gasteiger partial charge in [0.05, 0.1) is 11.6 Å². The van der Waals surface area contributed by atoms with Crippen LogP contribution in [0.3, 0.4) is 0 Å². The van der Waals surface area contributed by atoms with E-state index in [9.17, 15) is 20.1 Å². The maximum absolute atomic E-state index is 13.0. The SMILES string of the molecule is C=C1CC[C@H]2[C@](C)(CO)CCC[C@]2(C)[C@H]1C[C@@]12O[C@@H]1[C@@H](O)C(CO)=C(Cl)C2=O. The van der Waals surface area contributed by atoms with Crippen molar-refractivity contribution in [2.45, 2.75) is 70.2 Å². The smallest absolute Gasteiger partial charge is 0.208 e. The van der Waals surface area contributed by atoms with Crippen LogP contribution in [-0.4, -0.2) is 52.1 Å². The number of rotatable bonds is 4. The van der Waals surface area contributed by atoms with Crippen molar-refractivity contribution in [2.75, 3.05) is 13.2 Å². The summed E-state index contributed by atoms with van der Waals surface area (Å²) < 4.78 is 5.82. The molecule has 0 aromatic heterocycles. The molecule has 28 heavy (non-hydrogen) atoms. The number of carbonyl (C=O) groups excluding carboxylic acids is 1. The zero-order chi connectivity index (χ0) is 20.5. The Morgan fingerprint density at radius 1 is 1.29 bits per heavy atom. The van der Waals surface area contributed by atoms with Crippen molar-refractivity contribution in [3.05, 3.63) is 22.8 Å². The van der Waals surface area contributed by atoms with Gasteiger partial charge in [-0.3, -0.25) is 4.79 Å².